The van der Waals surface area contributed by atoms with Gasteiger partial charge < -0.3 is 15.5 Å². The van der Waals surface area contributed by atoms with E-state index in [2.05, 4.69) is 39.6 Å². The fourth-order valence-electron chi connectivity index (χ4n) is 3.67. The highest BCUT2D eigenvalue weighted by atomic mass is 32.2. The van der Waals surface area contributed by atoms with E-state index >= 15 is 0 Å². The zero-order valence-electron chi connectivity index (χ0n) is 18.6. The lowest BCUT2D eigenvalue weighted by molar-refractivity contribution is 0.459. The van der Waals surface area contributed by atoms with Gasteiger partial charge in [-0.2, -0.15) is 0 Å². The Hall–Kier alpha value is -2.61. The minimum Gasteiger partial charge on any atom is -0.357 e. The van der Waals surface area contributed by atoms with Gasteiger partial charge in [-0.05, 0) is 62.9 Å². The largest absolute Gasteiger partial charge is 0.357 e. The summed E-state index contributed by atoms with van der Waals surface area (Å²) >= 11 is 0. The molecule has 1 aromatic carbocycles. The van der Waals surface area contributed by atoms with Crippen molar-refractivity contribution in [3.8, 4) is 0 Å². The number of guanidine groups is 1. The molecule has 7 nitrogen and oxygen atoms in total. The molecule has 2 aromatic rings. The predicted octanol–water partition coefficient (Wildman–Crippen LogP) is 2.56. The molecule has 1 aliphatic rings. The lowest BCUT2D eigenvalue weighted by atomic mass is 10.1. The third-order valence-corrected chi connectivity index (χ3v) is 6.53. The number of aliphatic imine (C=N–C) groups is 1. The van der Waals surface area contributed by atoms with E-state index in [0.29, 0.717) is 17.5 Å². The molecule has 1 aliphatic heterocycles. The van der Waals surface area contributed by atoms with Gasteiger partial charge >= 0.3 is 0 Å². The zero-order valence-corrected chi connectivity index (χ0v) is 19.5. The maximum Gasteiger partial charge on any atom is 0.191 e. The van der Waals surface area contributed by atoms with Crippen molar-refractivity contribution in [2.45, 2.75) is 44.0 Å². The molecule has 0 bridgehead atoms. The van der Waals surface area contributed by atoms with E-state index in [1.165, 1.54) is 6.26 Å². The van der Waals surface area contributed by atoms with Crippen molar-refractivity contribution in [1.82, 2.24) is 15.6 Å². The number of pyridine rings is 1. The van der Waals surface area contributed by atoms with Crippen molar-refractivity contribution < 1.29 is 8.42 Å². The summed E-state index contributed by atoms with van der Waals surface area (Å²) in [5.74, 6) is 1.89. The summed E-state index contributed by atoms with van der Waals surface area (Å²) in [4.78, 5) is 12.0. The molecule has 0 amide bonds. The molecule has 168 valence electrons. The van der Waals surface area contributed by atoms with E-state index < -0.39 is 9.84 Å². The maximum atomic E-state index is 11.6. The Morgan fingerprint density at radius 2 is 1.87 bits per heavy atom. The van der Waals surface area contributed by atoms with Gasteiger partial charge in [-0.25, -0.2) is 13.4 Å². The van der Waals surface area contributed by atoms with Crippen molar-refractivity contribution in [3.63, 3.8) is 0 Å². The maximum absolute atomic E-state index is 11.6. The Labute approximate surface area is 185 Å². The van der Waals surface area contributed by atoms with Gasteiger partial charge in [0.1, 0.15) is 5.82 Å². The van der Waals surface area contributed by atoms with Gasteiger partial charge in [-0.1, -0.05) is 18.2 Å². The van der Waals surface area contributed by atoms with Crippen LogP contribution in [0.4, 0.5) is 5.82 Å². The van der Waals surface area contributed by atoms with Gasteiger partial charge in [0, 0.05) is 44.2 Å². The number of piperidine rings is 1. The molecule has 31 heavy (non-hydrogen) atoms. The topological polar surface area (TPSA) is 86.7 Å². The van der Waals surface area contributed by atoms with Crippen molar-refractivity contribution in [3.05, 3.63) is 53.7 Å². The summed E-state index contributed by atoms with van der Waals surface area (Å²) in [6.45, 7) is 7.48. The first kappa shape index (κ1) is 23.1. The molecule has 0 radical (unpaired) electrons. The molecule has 0 saturated carbocycles. The van der Waals surface area contributed by atoms with Crippen LogP contribution in [0.25, 0.3) is 0 Å². The normalized spacial score (nSPS) is 15.7. The van der Waals surface area contributed by atoms with Crippen LogP contribution in [0, 0.1) is 6.92 Å². The third kappa shape index (κ3) is 6.95. The van der Waals surface area contributed by atoms with Crippen molar-refractivity contribution >= 4 is 21.6 Å². The Morgan fingerprint density at radius 1 is 1.16 bits per heavy atom. The van der Waals surface area contributed by atoms with E-state index in [4.69, 9.17) is 4.99 Å². The van der Waals surface area contributed by atoms with Crippen LogP contribution in [-0.2, 0) is 16.3 Å². The lowest BCUT2D eigenvalue weighted by Gasteiger charge is -2.34. The monoisotopic (exact) mass is 443 g/mol. The summed E-state index contributed by atoms with van der Waals surface area (Å²) in [6, 6.07) is 13.6. The quantitative estimate of drug-likeness (QED) is 0.505. The number of nitrogens with zero attached hydrogens (tertiary/aromatic N) is 3. The molecule has 0 aliphatic carbocycles. The third-order valence-electron chi connectivity index (χ3n) is 5.40. The van der Waals surface area contributed by atoms with Gasteiger partial charge in [0.25, 0.3) is 0 Å². The second-order valence-electron chi connectivity index (χ2n) is 7.97. The molecule has 0 unspecified atom stereocenters. The van der Waals surface area contributed by atoms with Crippen molar-refractivity contribution in [1.29, 1.82) is 0 Å². The number of rotatable bonds is 7. The number of aromatic nitrogens is 1. The Balaban J connectivity index is 1.51. The highest BCUT2D eigenvalue weighted by Crippen LogP contribution is 2.18. The number of hydrogen-bond acceptors (Lipinski definition) is 5. The Bertz CT molecular complexity index is 981. The second-order valence-corrected chi connectivity index (χ2v) is 9.99. The first-order valence-electron chi connectivity index (χ1n) is 10.9. The fraction of sp³-hybridized carbons (Fsp3) is 0.478. The molecule has 8 heteroatoms. The van der Waals surface area contributed by atoms with Crippen LogP contribution >= 0.6 is 0 Å². The molecule has 2 N–H and O–H groups in total. The average molecular weight is 444 g/mol. The SMILES string of the molecule is CCNC(=NCCc1ccc(S(C)(=O)=O)cc1)NC1CCN(c2cccc(C)n2)CC1. The summed E-state index contributed by atoms with van der Waals surface area (Å²) in [7, 11) is -3.16. The minimum atomic E-state index is -3.16. The summed E-state index contributed by atoms with van der Waals surface area (Å²) in [5.41, 5.74) is 2.12. The number of benzene rings is 1. The molecular weight excluding hydrogens is 410 g/mol. The highest BCUT2D eigenvalue weighted by molar-refractivity contribution is 7.90. The molecule has 0 atom stereocenters. The van der Waals surface area contributed by atoms with Gasteiger partial charge in [0.15, 0.2) is 15.8 Å². The fourth-order valence-corrected chi connectivity index (χ4v) is 4.30. The van der Waals surface area contributed by atoms with Gasteiger partial charge in [0.2, 0.25) is 0 Å². The summed E-state index contributed by atoms with van der Waals surface area (Å²) < 4.78 is 23.2. The lowest BCUT2D eigenvalue weighted by Crippen LogP contribution is -2.49. The van der Waals surface area contributed by atoms with Crippen LogP contribution < -0.4 is 15.5 Å². The number of sulfone groups is 1. The van der Waals surface area contributed by atoms with Gasteiger partial charge in [-0.3, -0.25) is 4.99 Å². The zero-order chi connectivity index (χ0) is 22.3. The summed E-state index contributed by atoms with van der Waals surface area (Å²) in [6.07, 6.45) is 4.06. The van der Waals surface area contributed by atoms with Crippen LogP contribution in [0.5, 0.6) is 0 Å². The first-order valence-corrected chi connectivity index (χ1v) is 12.8. The van der Waals surface area contributed by atoms with Crippen LogP contribution in [-0.4, -0.2) is 57.8 Å². The van der Waals surface area contributed by atoms with Gasteiger partial charge in [-0.15, -0.1) is 0 Å². The molecule has 1 fully saturated rings. The van der Waals surface area contributed by atoms with Crippen LogP contribution in [0.15, 0.2) is 52.4 Å². The van der Waals surface area contributed by atoms with E-state index in [1.807, 2.05) is 25.1 Å². The van der Waals surface area contributed by atoms with Crippen LogP contribution in [0.1, 0.15) is 31.0 Å². The van der Waals surface area contributed by atoms with Crippen molar-refractivity contribution in [2.24, 2.45) is 4.99 Å². The van der Waals surface area contributed by atoms with Crippen molar-refractivity contribution in [2.75, 3.05) is 37.3 Å². The minimum absolute atomic E-state index is 0.349. The van der Waals surface area contributed by atoms with E-state index in [9.17, 15) is 8.42 Å². The predicted molar refractivity (Wildman–Crippen MR) is 127 cm³/mol. The first-order chi connectivity index (χ1) is 14.8. The Kier molecular flexibility index (Phi) is 7.90. The summed E-state index contributed by atoms with van der Waals surface area (Å²) in [5, 5.41) is 6.90. The second kappa shape index (κ2) is 10.6. The number of aryl methyl sites for hydroxylation is 1. The Morgan fingerprint density at radius 3 is 2.48 bits per heavy atom. The molecule has 3 rings (SSSR count). The van der Waals surface area contributed by atoms with E-state index in [1.54, 1.807) is 12.1 Å². The standard InChI is InChI=1S/C23H33N5O2S/c1-4-24-23(25-15-12-19-8-10-21(11-9-19)31(3,29)30)27-20-13-16-28(17-14-20)22-7-5-6-18(2)26-22/h5-11,20H,4,12-17H2,1-3H3,(H2,24,25,27). The van der Waals surface area contributed by atoms with Crippen LogP contribution in [0.2, 0.25) is 0 Å². The molecule has 0 spiro atoms. The molecule has 2 heterocycles. The number of anilines is 1. The number of hydrogen-bond donors (Lipinski definition) is 2. The molecular formula is C23H33N5O2S. The van der Waals surface area contributed by atoms with E-state index in [-0.39, 0.29) is 0 Å². The molecule has 1 saturated heterocycles. The highest BCUT2D eigenvalue weighted by Gasteiger charge is 2.21. The smallest absolute Gasteiger partial charge is 0.191 e. The molecule has 1 aromatic heterocycles. The van der Waals surface area contributed by atoms with Gasteiger partial charge in [0.05, 0.1) is 4.90 Å². The average Bonchev–Trinajstić information content (AvgIpc) is 2.74. The number of nitrogens with one attached hydrogen (secondary N) is 2. The van der Waals surface area contributed by atoms with Crippen LogP contribution in [0.3, 0.4) is 0 Å². The van der Waals surface area contributed by atoms with E-state index in [0.717, 1.165) is 61.9 Å².